The predicted octanol–water partition coefficient (Wildman–Crippen LogP) is 3.05. The van der Waals surface area contributed by atoms with E-state index in [9.17, 15) is 9.59 Å². The van der Waals surface area contributed by atoms with Crippen LogP contribution in [-0.4, -0.2) is 29.7 Å². The number of anilines is 1. The Morgan fingerprint density at radius 3 is 2.85 bits per heavy atom. The van der Waals surface area contributed by atoms with E-state index in [2.05, 4.69) is 21.2 Å². The monoisotopic (exact) mass is 341 g/mol. The van der Waals surface area contributed by atoms with Crippen molar-refractivity contribution < 1.29 is 19.4 Å². The summed E-state index contributed by atoms with van der Waals surface area (Å²) in [7, 11) is 0. The van der Waals surface area contributed by atoms with Crippen molar-refractivity contribution in [1.82, 2.24) is 0 Å². The zero-order valence-corrected chi connectivity index (χ0v) is 12.5. The first-order valence-electron chi connectivity index (χ1n) is 6.51. The molecule has 6 heteroatoms. The van der Waals surface area contributed by atoms with Gasteiger partial charge in [-0.25, -0.2) is 4.79 Å². The van der Waals surface area contributed by atoms with Crippen LogP contribution in [0.1, 0.15) is 36.0 Å². The van der Waals surface area contributed by atoms with Crippen LogP contribution in [0.5, 0.6) is 0 Å². The van der Waals surface area contributed by atoms with Crippen LogP contribution in [-0.2, 0) is 9.53 Å². The Balaban J connectivity index is 2.05. The number of para-hydroxylation sites is 1. The van der Waals surface area contributed by atoms with Gasteiger partial charge in [0.2, 0.25) is 5.91 Å². The number of carboxylic acid groups (broad SMARTS) is 1. The average molecular weight is 342 g/mol. The molecular weight excluding hydrogens is 326 g/mol. The third-order valence-corrected chi connectivity index (χ3v) is 3.86. The number of carbonyl (C=O) groups excluding carboxylic acids is 1. The molecular formula is C14H16BrNO4. The van der Waals surface area contributed by atoms with Gasteiger partial charge in [-0.15, -0.1) is 0 Å². The number of carbonyl (C=O) groups is 2. The molecule has 1 amide bonds. The minimum absolute atomic E-state index is 0.0669. The molecule has 0 spiro atoms. The molecule has 0 radical (unpaired) electrons. The highest BCUT2D eigenvalue weighted by Gasteiger charge is 2.20. The fraction of sp³-hybridized carbons (Fsp3) is 0.429. The highest BCUT2D eigenvalue weighted by atomic mass is 79.9. The van der Waals surface area contributed by atoms with E-state index >= 15 is 0 Å². The minimum Gasteiger partial charge on any atom is -0.478 e. The molecule has 1 aromatic rings. The third kappa shape index (κ3) is 3.80. The second-order valence-corrected chi connectivity index (χ2v) is 5.56. The number of hydrogen-bond acceptors (Lipinski definition) is 3. The molecule has 20 heavy (non-hydrogen) atoms. The van der Waals surface area contributed by atoms with E-state index in [-0.39, 0.29) is 24.0 Å². The molecule has 1 fully saturated rings. The zero-order valence-electron chi connectivity index (χ0n) is 10.9. The van der Waals surface area contributed by atoms with Crippen molar-refractivity contribution in [2.24, 2.45) is 0 Å². The first-order valence-corrected chi connectivity index (χ1v) is 7.30. The Hall–Kier alpha value is -1.40. The number of rotatable bonds is 4. The highest BCUT2D eigenvalue weighted by molar-refractivity contribution is 9.10. The van der Waals surface area contributed by atoms with Crippen LogP contribution in [0.3, 0.4) is 0 Å². The summed E-state index contributed by atoms with van der Waals surface area (Å²) in [5.74, 6) is -1.30. The largest absolute Gasteiger partial charge is 0.478 e. The van der Waals surface area contributed by atoms with Crippen LogP contribution in [0.25, 0.3) is 0 Å². The summed E-state index contributed by atoms with van der Waals surface area (Å²) in [5, 5.41) is 11.8. The molecule has 1 heterocycles. The van der Waals surface area contributed by atoms with Crippen molar-refractivity contribution in [3.05, 3.63) is 28.2 Å². The summed E-state index contributed by atoms with van der Waals surface area (Å²) >= 11 is 3.26. The minimum atomic E-state index is -1.07. The van der Waals surface area contributed by atoms with E-state index in [0.717, 1.165) is 19.3 Å². The fourth-order valence-electron chi connectivity index (χ4n) is 2.20. The Kier molecular flexibility index (Phi) is 5.14. The molecule has 0 aromatic heterocycles. The van der Waals surface area contributed by atoms with Crippen molar-refractivity contribution in [3.63, 3.8) is 0 Å². The Labute approximate surface area is 125 Å². The number of aromatic carboxylic acids is 1. The molecule has 108 valence electrons. The van der Waals surface area contributed by atoms with Crippen molar-refractivity contribution in [3.8, 4) is 0 Å². The van der Waals surface area contributed by atoms with E-state index in [0.29, 0.717) is 16.8 Å². The highest BCUT2D eigenvalue weighted by Crippen LogP contribution is 2.27. The van der Waals surface area contributed by atoms with Gasteiger partial charge >= 0.3 is 5.97 Å². The molecule has 2 rings (SSSR count). The Bertz CT molecular complexity index is 512. The molecule has 1 saturated heterocycles. The van der Waals surface area contributed by atoms with Crippen LogP contribution in [0, 0.1) is 0 Å². The lowest BCUT2D eigenvalue weighted by molar-refractivity contribution is -0.119. The number of halogens is 1. The number of amides is 1. The van der Waals surface area contributed by atoms with Gasteiger partial charge < -0.3 is 15.2 Å². The van der Waals surface area contributed by atoms with Gasteiger partial charge in [-0.1, -0.05) is 6.07 Å². The average Bonchev–Trinajstić information content (AvgIpc) is 2.42. The third-order valence-electron chi connectivity index (χ3n) is 3.20. The second kappa shape index (κ2) is 6.85. The van der Waals surface area contributed by atoms with Gasteiger partial charge in [0.05, 0.1) is 23.8 Å². The SMILES string of the molecule is O=C(CC1CCCCO1)Nc1c(Br)cccc1C(=O)O. The molecule has 2 N–H and O–H groups in total. The summed E-state index contributed by atoms with van der Waals surface area (Å²) in [4.78, 5) is 23.2. The van der Waals surface area contributed by atoms with Gasteiger partial charge in [0.25, 0.3) is 0 Å². The lowest BCUT2D eigenvalue weighted by atomic mass is 10.1. The quantitative estimate of drug-likeness (QED) is 0.882. The van der Waals surface area contributed by atoms with E-state index in [1.165, 1.54) is 6.07 Å². The van der Waals surface area contributed by atoms with Crippen LogP contribution < -0.4 is 5.32 Å². The molecule has 1 aromatic carbocycles. The number of hydrogen-bond donors (Lipinski definition) is 2. The number of ether oxygens (including phenoxy) is 1. The van der Waals surface area contributed by atoms with Gasteiger partial charge in [0.1, 0.15) is 0 Å². The number of nitrogens with one attached hydrogen (secondary N) is 1. The maximum atomic E-state index is 12.0. The Morgan fingerprint density at radius 1 is 1.40 bits per heavy atom. The van der Waals surface area contributed by atoms with Crippen molar-refractivity contribution in [2.45, 2.75) is 31.8 Å². The topological polar surface area (TPSA) is 75.6 Å². The van der Waals surface area contributed by atoms with Gasteiger partial charge in [0.15, 0.2) is 0 Å². The van der Waals surface area contributed by atoms with Gasteiger partial charge in [-0.2, -0.15) is 0 Å². The number of benzene rings is 1. The van der Waals surface area contributed by atoms with Crippen LogP contribution in [0.4, 0.5) is 5.69 Å². The fourth-order valence-corrected chi connectivity index (χ4v) is 2.66. The summed E-state index contributed by atoms with van der Waals surface area (Å²) in [5.41, 5.74) is 0.359. The molecule has 0 aliphatic carbocycles. The van der Waals surface area contributed by atoms with E-state index in [1.807, 2.05) is 0 Å². The van der Waals surface area contributed by atoms with Crippen LogP contribution in [0.15, 0.2) is 22.7 Å². The first kappa shape index (κ1) is 15.0. The molecule has 5 nitrogen and oxygen atoms in total. The molecule has 1 aliphatic rings. The summed E-state index contributed by atoms with van der Waals surface area (Å²) < 4.78 is 6.06. The lowest BCUT2D eigenvalue weighted by Gasteiger charge is -2.22. The molecule has 0 bridgehead atoms. The molecule has 1 unspecified atom stereocenters. The van der Waals surface area contributed by atoms with Crippen molar-refractivity contribution >= 4 is 33.5 Å². The van der Waals surface area contributed by atoms with Crippen molar-refractivity contribution in [2.75, 3.05) is 11.9 Å². The van der Waals surface area contributed by atoms with Gasteiger partial charge in [-0.3, -0.25) is 4.79 Å². The summed E-state index contributed by atoms with van der Waals surface area (Å²) in [6.07, 6.45) is 3.15. The van der Waals surface area contributed by atoms with E-state index < -0.39 is 5.97 Å². The van der Waals surface area contributed by atoms with E-state index in [1.54, 1.807) is 12.1 Å². The lowest BCUT2D eigenvalue weighted by Crippen LogP contribution is -2.26. The van der Waals surface area contributed by atoms with Crippen LogP contribution in [0.2, 0.25) is 0 Å². The zero-order chi connectivity index (χ0) is 14.5. The molecule has 0 saturated carbocycles. The van der Waals surface area contributed by atoms with Crippen LogP contribution >= 0.6 is 15.9 Å². The maximum absolute atomic E-state index is 12.0. The molecule has 1 aliphatic heterocycles. The van der Waals surface area contributed by atoms with Gasteiger partial charge in [0, 0.05) is 11.1 Å². The summed E-state index contributed by atoms with van der Waals surface area (Å²) in [6, 6.07) is 4.77. The Morgan fingerprint density at radius 2 is 2.20 bits per heavy atom. The maximum Gasteiger partial charge on any atom is 0.337 e. The van der Waals surface area contributed by atoms with E-state index in [4.69, 9.17) is 9.84 Å². The summed E-state index contributed by atoms with van der Waals surface area (Å²) in [6.45, 7) is 0.688. The standard InChI is InChI=1S/C14H16BrNO4/c15-11-6-3-5-10(14(18)19)13(11)16-12(17)8-9-4-1-2-7-20-9/h3,5-6,9H,1-2,4,7-8H2,(H,16,17)(H,18,19). The molecule has 1 atom stereocenters. The number of carboxylic acids is 1. The second-order valence-electron chi connectivity index (χ2n) is 4.71. The van der Waals surface area contributed by atoms with Gasteiger partial charge in [-0.05, 0) is 47.3 Å². The first-order chi connectivity index (χ1) is 9.58. The smallest absolute Gasteiger partial charge is 0.337 e. The van der Waals surface area contributed by atoms with Crippen molar-refractivity contribution in [1.29, 1.82) is 0 Å². The predicted molar refractivity (Wildman–Crippen MR) is 77.9 cm³/mol. The normalized spacial score (nSPS) is 18.6.